The molecule has 6 nitrogen and oxygen atoms in total. The molecular formula is C19H26N2O4. The van der Waals surface area contributed by atoms with E-state index in [0.717, 1.165) is 5.56 Å². The van der Waals surface area contributed by atoms with Crippen LogP contribution in [0.5, 0.6) is 0 Å². The van der Waals surface area contributed by atoms with Crippen molar-refractivity contribution in [2.24, 2.45) is 11.8 Å². The van der Waals surface area contributed by atoms with Gasteiger partial charge in [-0.3, -0.25) is 14.4 Å². The quantitative estimate of drug-likeness (QED) is 0.791. The zero-order valence-electron chi connectivity index (χ0n) is 14.6. The van der Waals surface area contributed by atoms with Crippen molar-refractivity contribution in [1.29, 1.82) is 0 Å². The fourth-order valence-corrected chi connectivity index (χ4v) is 3.20. The number of carbonyl (C=O) groups is 3. The zero-order valence-corrected chi connectivity index (χ0v) is 14.6. The normalized spacial score (nSPS) is 19.9. The fraction of sp³-hybridized carbons (Fsp3) is 0.526. The van der Waals surface area contributed by atoms with Gasteiger partial charge in [-0.25, -0.2) is 0 Å². The molecule has 1 fully saturated rings. The number of benzene rings is 1. The Balaban J connectivity index is 1.78. The number of carboxylic acid groups (broad SMARTS) is 1. The maximum absolute atomic E-state index is 12.3. The highest BCUT2D eigenvalue weighted by molar-refractivity contribution is 5.86. The second kappa shape index (κ2) is 9.20. The maximum atomic E-state index is 12.3. The molecule has 0 spiro atoms. The van der Waals surface area contributed by atoms with E-state index in [1.54, 1.807) is 4.90 Å². The summed E-state index contributed by atoms with van der Waals surface area (Å²) in [6.45, 7) is 3.00. The van der Waals surface area contributed by atoms with Gasteiger partial charge >= 0.3 is 5.97 Å². The summed E-state index contributed by atoms with van der Waals surface area (Å²) in [5, 5.41) is 11.7. The number of rotatable bonds is 7. The summed E-state index contributed by atoms with van der Waals surface area (Å²) in [5.41, 5.74) is 1.05. The van der Waals surface area contributed by atoms with E-state index in [4.69, 9.17) is 5.11 Å². The van der Waals surface area contributed by atoms with Crippen LogP contribution >= 0.6 is 0 Å². The molecule has 0 atom stereocenters. The molecule has 2 N–H and O–H groups in total. The first-order valence-electron chi connectivity index (χ1n) is 8.83. The van der Waals surface area contributed by atoms with E-state index in [9.17, 15) is 14.4 Å². The third-order valence-corrected chi connectivity index (χ3v) is 4.81. The highest BCUT2D eigenvalue weighted by Crippen LogP contribution is 2.28. The minimum absolute atomic E-state index is 0.0155. The van der Waals surface area contributed by atoms with Crippen molar-refractivity contribution in [3.63, 3.8) is 0 Å². The van der Waals surface area contributed by atoms with Crippen molar-refractivity contribution in [3.05, 3.63) is 35.9 Å². The first-order valence-corrected chi connectivity index (χ1v) is 8.83. The molecule has 0 saturated heterocycles. The van der Waals surface area contributed by atoms with E-state index >= 15 is 0 Å². The second-order valence-electron chi connectivity index (χ2n) is 6.50. The number of aliphatic carboxylic acids is 1. The van der Waals surface area contributed by atoms with Crippen molar-refractivity contribution in [3.8, 4) is 0 Å². The Hall–Kier alpha value is -2.37. The third-order valence-electron chi connectivity index (χ3n) is 4.81. The van der Waals surface area contributed by atoms with E-state index in [1.165, 1.54) is 0 Å². The van der Waals surface area contributed by atoms with Crippen LogP contribution in [-0.2, 0) is 20.9 Å². The van der Waals surface area contributed by atoms with E-state index < -0.39 is 5.97 Å². The molecule has 0 bridgehead atoms. The molecule has 136 valence electrons. The fourth-order valence-electron chi connectivity index (χ4n) is 3.20. The van der Waals surface area contributed by atoms with E-state index in [2.05, 4.69) is 5.32 Å². The summed E-state index contributed by atoms with van der Waals surface area (Å²) in [6.07, 6.45) is 2.18. The standard InChI is InChI=1S/C19H26N2O4/c1-2-21(13-14-6-4-3-5-7-14)17(22)12-20-18(23)15-8-10-16(11-9-15)19(24)25/h3-7,15-16H,2,8-13H2,1H3,(H,20,23)(H,24,25). The van der Waals surface area contributed by atoms with Crippen molar-refractivity contribution >= 4 is 17.8 Å². The van der Waals surface area contributed by atoms with Crippen LogP contribution < -0.4 is 5.32 Å². The lowest BCUT2D eigenvalue weighted by Gasteiger charge is -2.26. The Morgan fingerprint density at radius 1 is 1.08 bits per heavy atom. The molecule has 2 amide bonds. The monoisotopic (exact) mass is 346 g/mol. The highest BCUT2D eigenvalue weighted by atomic mass is 16.4. The Bertz CT molecular complexity index is 595. The van der Waals surface area contributed by atoms with Crippen LogP contribution in [0.1, 0.15) is 38.2 Å². The molecule has 25 heavy (non-hydrogen) atoms. The Kier molecular flexibility index (Phi) is 6.98. The van der Waals surface area contributed by atoms with Crippen molar-refractivity contribution < 1.29 is 19.5 Å². The van der Waals surface area contributed by atoms with Crippen LogP contribution in [0.4, 0.5) is 0 Å². The van der Waals surface area contributed by atoms with Gasteiger partial charge in [-0.2, -0.15) is 0 Å². The van der Waals surface area contributed by atoms with Gasteiger partial charge in [0, 0.05) is 19.0 Å². The molecule has 1 aliphatic rings. The maximum Gasteiger partial charge on any atom is 0.306 e. The Morgan fingerprint density at radius 3 is 2.24 bits per heavy atom. The second-order valence-corrected chi connectivity index (χ2v) is 6.50. The summed E-state index contributed by atoms with van der Waals surface area (Å²) in [6, 6.07) is 9.73. The van der Waals surface area contributed by atoms with Crippen molar-refractivity contribution in [2.75, 3.05) is 13.1 Å². The van der Waals surface area contributed by atoms with E-state index in [1.807, 2.05) is 37.3 Å². The van der Waals surface area contributed by atoms with Crippen LogP contribution in [0.15, 0.2) is 30.3 Å². The molecule has 1 aliphatic carbocycles. The summed E-state index contributed by atoms with van der Waals surface area (Å²) in [5.74, 6) is -1.57. The molecule has 2 rings (SSSR count). The van der Waals surface area contributed by atoms with Crippen molar-refractivity contribution in [2.45, 2.75) is 39.2 Å². The molecule has 1 saturated carbocycles. The predicted octanol–water partition coefficient (Wildman–Crippen LogP) is 2.04. The number of nitrogens with one attached hydrogen (secondary N) is 1. The lowest BCUT2D eigenvalue weighted by molar-refractivity contribution is -0.144. The topological polar surface area (TPSA) is 86.7 Å². The van der Waals surface area contributed by atoms with Crippen molar-refractivity contribution in [1.82, 2.24) is 10.2 Å². The number of amides is 2. The van der Waals surface area contributed by atoms with Gasteiger partial charge in [0.25, 0.3) is 0 Å². The number of hydrogen-bond donors (Lipinski definition) is 2. The molecule has 0 aliphatic heterocycles. The first-order chi connectivity index (χ1) is 12.0. The first kappa shape index (κ1) is 19.0. The summed E-state index contributed by atoms with van der Waals surface area (Å²) in [4.78, 5) is 37.2. The van der Waals surface area contributed by atoms with Gasteiger partial charge in [0.1, 0.15) is 0 Å². The SMILES string of the molecule is CCN(Cc1ccccc1)C(=O)CNC(=O)C1CCC(C(=O)O)CC1. The largest absolute Gasteiger partial charge is 0.481 e. The highest BCUT2D eigenvalue weighted by Gasteiger charge is 2.29. The van der Waals surface area contributed by atoms with E-state index in [0.29, 0.717) is 38.8 Å². The number of carbonyl (C=O) groups excluding carboxylic acids is 2. The number of likely N-dealkylation sites (N-methyl/N-ethyl adjacent to an activating group) is 1. The smallest absolute Gasteiger partial charge is 0.306 e. The predicted molar refractivity (Wildman–Crippen MR) is 93.6 cm³/mol. The molecule has 6 heteroatoms. The minimum Gasteiger partial charge on any atom is -0.481 e. The Morgan fingerprint density at radius 2 is 1.68 bits per heavy atom. The molecule has 0 aromatic heterocycles. The summed E-state index contributed by atoms with van der Waals surface area (Å²) < 4.78 is 0. The van der Waals surface area contributed by atoms with Gasteiger partial charge in [0.2, 0.25) is 11.8 Å². The average Bonchev–Trinajstić information content (AvgIpc) is 2.64. The van der Waals surface area contributed by atoms with Gasteiger partial charge in [-0.1, -0.05) is 30.3 Å². The van der Waals surface area contributed by atoms with Gasteiger partial charge in [-0.05, 0) is 38.2 Å². The lowest BCUT2D eigenvalue weighted by Crippen LogP contribution is -2.42. The molecular weight excluding hydrogens is 320 g/mol. The molecule has 1 aromatic carbocycles. The van der Waals surface area contributed by atoms with Crippen LogP contribution in [-0.4, -0.2) is 40.9 Å². The molecule has 0 heterocycles. The zero-order chi connectivity index (χ0) is 18.2. The third kappa shape index (κ3) is 5.59. The van der Waals surface area contributed by atoms with E-state index in [-0.39, 0.29) is 30.2 Å². The molecule has 0 unspecified atom stereocenters. The minimum atomic E-state index is -0.784. The van der Waals surface area contributed by atoms with Gasteiger partial charge < -0.3 is 15.3 Å². The summed E-state index contributed by atoms with van der Waals surface area (Å²) in [7, 11) is 0. The van der Waals surface area contributed by atoms with Crippen LogP contribution in [0, 0.1) is 11.8 Å². The number of carboxylic acids is 1. The summed E-state index contributed by atoms with van der Waals surface area (Å²) >= 11 is 0. The van der Waals surface area contributed by atoms with Gasteiger partial charge in [-0.15, -0.1) is 0 Å². The van der Waals surface area contributed by atoms with Crippen LogP contribution in [0.25, 0.3) is 0 Å². The number of hydrogen-bond acceptors (Lipinski definition) is 3. The Labute approximate surface area is 148 Å². The van der Waals surface area contributed by atoms with Crippen LogP contribution in [0.3, 0.4) is 0 Å². The molecule has 0 radical (unpaired) electrons. The number of nitrogens with zero attached hydrogens (tertiary/aromatic N) is 1. The van der Waals surface area contributed by atoms with Crippen LogP contribution in [0.2, 0.25) is 0 Å². The van der Waals surface area contributed by atoms with Gasteiger partial charge in [0.15, 0.2) is 0 Å². The van der Waals surface area contributed by atoms with Gasteiger partial charge in [0.05, 0.1) is 12.5 Å². The average molecular weight is 346 g/mol. The molecule has 1 aromatic rings. The lowest BCUT2D eigenvalue weighted by atomic mass is 9.81.